The van der Waals surface area contributed by atoms with Gasteiger partial charge in [-0.15, -0.1) is 0 Å². The maximum absolute atomic E-state index is 5.78. The summed E-state index contributed by atoms with van der Waals surface area (Å²) in [5, 5.41) is 4.20. The number of halogens is 1. The third-order valence-corrected chi connectivity index (χ3v) is 2.32. The summed E-state index contributed by atoms with van der Waals surface area (Å²) in [6.07, 6.45) is 4.31. The first kappa shape index (κ1) is 7.19. The molecule has 0 radical (unpaired) electrons. The quantitative estimate of drug-likeness (QED) is 0.664. The van der Waals surface area contributed by atoms with Gasteiger partial charge in [-0.05, 0) is 25.5 Å². The van der Waals surface area contributed by atoms with Crippen molar-refractivity contribution in [1.82, 2.24) is 10.3 Å². The van der Waals surface area contributed by atoms with Gasteiger partial charge in [-0.1, -0.05) is 11.6 Å². The summed E-state index contributed by atoms with van der Waals surface area (Å²) in [7, 11) is 0. The van der Waals surface area contributed by atoms with Crippen LogP contribution in [-0.2, 0) is 0 Å². The number of aromatic nitrogens is 1. The summed E-state index contributed by atoms with van der Waals surface area (Å²) < 4.78 is 0. The summed E-state index contributed by atoms with van der Waals surface area (Å²) >= 11 is 5.78. The van der Waals surface area contributed by atoms with Crippen molar-refractivity contribution < 1.29 is 0 Å². The predicted octanol–water partition coefficient (Wildman–Crippen LogP) is 2.09. The molecule has 0 aromatic carbocycles. The molecule has 2 N–H and O–H groups in total. The minimum atomic E-state index is 0.502. The number of aromatic amines is 1. The van der Waals surface area contributed by atoms with Crippen molar-refractivity contribution in [2.75, 3.05) is 6.54 Å². The van der Waals surface area contributed by atoms with Gasteiger partial charge >= 0.3 is 0 Å². The third-order valence-electron chi connectivity index (χ3n) is 2.11. The lowest BCUT2D eigenvalue weighted by Crippen LogP contribution is -2.12. The number of hydrogen-bond acceptors (Lipinski definition) is 1. The van der Waals surface area contributed by atoms with Gasteiger partial charge in [0, 0.05) is 17.9 Å². The molecule has 2 nitrogen and oxygen atoms in total. The van der Waals surface area contributed by atoms with Crippen LogP contribution in [-0.4, -0.2) is 11.5 Å². The maximum atomic E-state index is 5.78. The molecule has 1 atom stereocenters. The highest BCUT2D eigenvalue weighted by atomic mass is 35.5. The van der Waals surface area contributed by atoms with E-state index >= 15 is 0 Å². The van der Waals surface area contributed by atoms with Crippen LogP contribution in [0.1, 0.15) is 24.6 Å². The van der Waals surface area contributed by atoms with Crippen molar-refractivity contribution in [3.05, 3.63) is 23.0 Å². The Morgan fingerprint density at radius 2 is 2.45 bits per heavy atom. The van der Waals surface area contributed by atoms with Crippen LogP contribution in [0.15, 0.2) is 12.3 Å². The minimum Gasteiger partial charge on any atom is -0.362 e. The summed E-state index contributed by atoms with van der Waals surface area (Å²) in [5.74, 6) is 0. The average Bonchev–Trinajstić information content (AvgIpc) is 2.55. The number of hydrogen-bond donors (Lipinski definition) is 2. The van der Waals surface area contributed by atoms with Crippen molar-refractivity contribution in [2.45, 2.75) is 18.9 Å². The lowest BCUT2D eigenvalue weighted by molar-refractivity contribution is 0.632. The molecular formula is C8H11ClN2. The first-order valence-corrected chi connectivity index (χ1v) is 4.31. The Balaban J connectivity index is 2.15. The summed E-state index contributed by atoms with van der Waals surface area (Å²) in [4.78, 5) is 3.15. The lowest BCUT2D eigenvalue weighted by atomic mass is 10.2. The molecule has 0 amide bonds. The highest BCUT2D eigenvalue weighted by Crippen LogP contribution is 2.23. The fourth-order valence-electron chi connectivity index (χ4n) is 1.54. The molecule has 1 aromatic heterocycles. The maximum Gasteiger partial charge on any atom is 0.0583 e. The molecule has 0 aliphatic carbocycles. The van der Waals surface area contributed by atoms with Crippen molar-refractivity contribution >= 4 is 11.6 Å². The van der Waals surface area contributed by atoms with E-state index in [1.54, 1.807) is 0 Å². The molecule has 1 aromatic rings. The molecule has 2 rings (SSSR count). The average molecular weight is 171 g/mol. The van der Waals surface area contributed by atoms with E-state index < -0.39 is 0 Å². The van der Waals surface area contributed by atoms with E-state index in [2.05, 4.69) is 10.3 Å². The molecule has 11 heavy (non-hydrogen) atoms. The van der Waals surface area contributed by atoms with Gasteiger partial charge in [-0.3, -0.25) is 0 Å². The standard InChI is InChI=1S/C8H11ClN2/c9-6-4-8(11-5-6)7-2-1-3-10-7/h4-5,7,10-11H,1-3H2. The van der Waals surface area contributed by atoms with Crippen LogP contribution < -0.4 is 5.32 Å². The molecule has 60 valence electrons. The molecule has 1 unspecified atom stereocenters. The van der Waals surface area contributed by atoms with Gasteiger partial charge in [0.1, 0.15) is 0 Å². The molecule has 2 heterocycles. The van der Waals surface area contributed by atoms with Crippen LogP contribution in [0, 0.1) is 0 Å². The first-order valence-electron chi connectivity index (χ1n) is 3.93. The Bertz CT molecular complexity index is 238. The Morgan fingerprint density at radius 1 is 1.55 bits per heavy atom. The van der Waals surface area contributed by atoms with Crippen LogP contribution >= 0.6 is 11.6 Å². The van der Waals surface area contributed by atoms with E-state index in [1.165, 1.54) is 18.5 Å². The van der Waals surface area contributed by atoms with Gasteiger partial charge in [0.15, 0.2) is 0 Å². The molecule has 1 aliphatic rings. The van der Waals surface area contributed by atoms with Crippen LogP contribution in [0.25, 0.3) is 0 Å². The predicted molar refractivity (Wildman–Crippen MR) is 45.8 cm³/mol. The topological polar surface area (TPSA) is 27.8 Å². The van der Waals surface area contributed by atoms with E-state index in [0.29, 0.717) is 6.04 Å². The van der Waals surface area contributed by atoms with E-state index in [1.807, 2.05) is 12.3 Å². The summed E-state index contributed by atoms with van der Waals surface area (Å²) in [5.41, 5.74) is 1.22. The van der Waals surface area contributed by atoms with Crippen molar-refractivity contribution in [3.63, 3.8) is 0 Å². The lowest BCUT2D eigenvalue weighted by Gasteiger charge is -2.05. The van der Waals surface area contributed by atoms with Gasteiger partial charge < -0.3 is 10.3 Å². The fourth-order valence-corrected chi connectivity index (χ4v) is 1.71. The number of nitrogens with one attached hydrogen (secondary N) is 2. The zero-order valence-electron chi connectivity index (χ0n) is 6.23. The highest BCUT2D eigenvalue weighted by Gasteiger charge is 2.16. The zero-order chi connectivity index (χ0) is 7.68. The summed E-state index contributed by atoms with van der Waals surface area (Å²) in [6.45, 7) is 1.13. The third kappa shape index (κ3) is 1.42. The van der Waals surface area contributed by atoms with Crippen LogP contribution in [0.4, 0.5) is 0 Å². The smallest absolute Gasteiger partial charge is 0.0583 e. The van der Waals surface area contributed by atoms with Gasteiger partial charge in [0.05, 0.1) is 5.02 Å². The second-order valence-corrected chi connectivity index (χ2v) is 3.36. The minimum absolute atomic E-state index is 0.502. The van der Waals surface area contributed by atoms with Gasteiger partial charge in [-0.25, -0.2) is 0 Å². The van der Waals surface area contributed by atoms with Crippen LogP contribution in [0.5, 0.6) is 0 Å². The van der Waals surface area contributed by atoms with Crippen molar-refractivity contribution in [3.8, 4) is 0 Å². The molecule has 0 bridgehead atoms. The van der Waals surface area contributed by atoms with E-state index in [0.717, 1.165) is 11.6 Å². The van der Waals surface area contributed by atoms with E-state index in [4.69, 9.17) is 11.6 Å². The van der Waals surface area contributed by atoms with Gasteiger partial charge in [0.25, 0.3) is 0 Å². The van der Waals surface area contributed by atoms with E-state index in [9.17, 15) is 0 Å². The Morgan fingerprint density at radius 3 is 3.00 bits per heavy atom. The molecular weight excluding hydrogens is 160 g/mol. The van der Waals surface area contributed by atoms with Crippen LogP contribution in [0.3, 0.4) is 0 Å². The first-order chi connectivity index (χ1) is 5.36. The van der Waals surface area contributed by atoms with Crippen LogP contribution in [0.2, 0.25) is 5.02 Å². The second kappa shape index (κ2) is 2.88. The van der Waals surface area contributed by atoms with Crippen molar-refractivity contribution in [1.29, 1.82) is 0 Å². The zero-order valence-corrected chi connectivity index (χ0v) is 6.99. The molecule has 3 heteroatoms. The Hall–Kier alpha value is -0.470. The monoisotopic (exact) mass is 170 g/mol. The largest absolute Gasteiger partial charge is 0.362 e. The Kier molecular flexibility index (Phi) is 1.88. The van der Waals surface area contributed by atoms with Gasteiger partial charge in [0.2, 0.25) is 0 Å². The van der Waals surface area contributed by atoms with Gasteiger partial charge in [-0.2, -0.15) is 0 Å². The molecule has 1 saturated heterocycles. The normalized spacial score (nSPS) is 24.3. The van der Waals surface area contributed by atoms with E-state index in [-0.39, 0.29) is 0 Å². The number of rotatable bonds is 1. The summed E-state index contributed by atoms with van der Waals surface area (Å²) in [6, 6.07) is 2.49. The Labute approximate surface area is 70.9 Å². The molecule has 1 fully saturated rings. The van der Waals surface area contributed by atoms with Crippen molar-refractivity contribution in [2.24, 2.45) is 0 Å². The second-order valence-electron chi connectivity index (χ2n) is 2.92. The fraction of sp³-hybridized carbons (Fsp3) is 0.500. The molecule has 1 aliphatic heterocycles. The SMILES string of the molecule is Clc1c[nH]c(C2CCCN2)c1. The molecule has 0 saturated carbocycles. The number of H-pyrrole nitrogens is 1. The highest BCUT2D eigenvalue weighted by molar-refractivity contribution is 6.30. The molecule has 0 spiro atoms.